The minimum Gasteiger partial charge on any atom is -0.319 e. The third kappa shape index (κ3) is 3.97. The van der Waals surface area contributed by atoms with Crippen molar-refractivity contribution in [3.05, 3.63) is 149 Å². The Morgan fingerprint density at radius 3 is 1.78 bits per heavy atom. The van der Waals surface area contributed by atoms with Crippen molar-refractivity contribution in [2.75, 3.05) is 0 Å². The maximum atomic E-state index is 9.88. The molecule has 0 aliphatic heterocycles. The van der Waals surface area contributed by atoms with E-state index in [0.717, 1.165) is 71.7 Å². The molecule has 0 radical (unpaired) electrons. The van der Waals surface area contributed by atoms with Crippen LogP contribution in [0.4, 0.5) is 5.69 Å². The molecule has 2 heterocycles. The summed E-state index contributed by atoms with van der Waals surface area (Å²) in [4.78, 5) is 4.34. The summed E-state index contributed by atoms with van der Waals surface area (Å²) in [5, 5.41) is 14.5. The molecule has 8 rings (SSSR count). The third-order valence-electron chi connectivity index (χ3n) is 8.88. The van der Waals surface area contributed by atoms with Crippen LogP contribution in [0.15, 0.2) is 115 Å². The lowest BCUT2D eigenvalue weighted by Gasteiger charge is -2.20. The number of nitrogens with zero attached hydrogens (tertiary/aromatic N) is 4. The zero-order valence-corrected chi connectivity index (χ0v) is 25.3. The molecule has 0 saturated carbocycles. The molecule has 0 bridgehead atoms. The second-order valence-corrected chi connectivity index (χ2v) is 11.9. The van der Waals surface area contributed by atoms with Gasteiger partial charge in [0.2, 0.25) is 5.69 Å². The van der Waals surface area contributed by atoms with Crippen LogP contribution in [0.2, 0.25) is 0 Å². The number of fused-ring (bicyclic) bond motifs is 6. The number of aromatic nitrogens is 2. The quantitative estimate of drug-likeness (QED) is 0.193. The van der Waals surface area contributed by atoms with E-state index >= 15 is 0 Å². The van der Waals surface area contributed by atoms with Crippen molar-refractivity contribution in [1.29, 1.82) is 5.26 Å². The fourth-order valence-corrected chi connectivity index (χ4v) is 7.00. The van der Waals surface area contributed by atoms with Gasteiger partial charge >= 0.3 is 0 Å². The highest BCUT2D eigenvalue weighted by Gasteiger charge is 2.24. The van der Waals surface area contributed by atoms with E-state index in [9.17, 15) is 5.26 Å². The van der Waals surface area contributed by atoms with Crippen molar-refractivity contribution < 1.29 is 0 Å². The van der Waals surface area contributed by atoms with E-state index in [1.165, 1.54) is 11.1 Å². The maximum Gasteiger partial charge on any atom is 0.234 e. The standard InChI is InChI=1S/C41H28N4/c1-25-13-16-37-33(21-25)31-9-5-7-11-35(31)44(37)39-18-15-30(29-20-27(3)19-28(23-29)24-42)41(40(39)43-4)45-36-12-8-6-10-32(36)34-22-26(2)14-17-38(34)45/h5-23H,1-3H3. The van der Waals surface area contributed by atoms with Crippen molar-refractivity contribution in [2.24, 2.45) is 0 Å². The molecule has 8 aromatic rings. The van der Waals surface area contributed by atoms with Crippen LogP contribution in [-0.4, -0.2) is 9.13 Å². The van der Waals surface area contributed by atoms with Crippen LogP contribution in [0.5, 0.6) is 0 Å². The van der Waals surface area contributed by atoms with Gasteiger partial charge in [-0.3, -0.25) is 0 Å². The first-order valence-electron chi connectivity index (χ1n) is 15.0. The fraction of sp³-hybridized carbons (Fsp3) is 0.0732. The number of nitriles is 1. The third-order valence-corrected chi connectivity index (χ3v) is 8.88. The van der Waals surface area contributed by atoms with Crippen LogP contribution in [0.25, 0.3) is 71.0 Å². The Labute approximate surface area is 261 Å². The van der Waals surface area contributed by atoms with Crippen molar-refractivity contribution in [3.8, 4) is 28.6 Å². The van der Waals surface area contributed by atoms with E-state index < -0.39 is 0 Å². The van der Waals surface area contributed by atoms with Crippen LogP contribution in [0.3, 0.4) is 0 Å². The van der Waals surface area contributed by atoms with Gasteiger partial charge < -0.3 is 9.13 Å². The molecule has 2 aromatic heterocycles. The summed E-state index contributed by atoms with van der Waals surface area (Å²) in [6, 6.07) is 42.4. The van der Waals surface area contributed by atoms with Crippen molar-refractivity contribution in [3.63, 3.8) is 0 Å². The molecule has 0 saturated heterocycles. The predicted molar refractivity (Wildman–Crippen MR) is 186 cm³/mol. The summed E-state index contributed by atoms with van der Waals surface area (Å²) in [5.41, 5.74) is 12.2. The van der Waals surface area contributed by atoms with Crippen LogP contribution in [0.1, 0.15) is 22.3 Å². The van der Waals surface area contributed by atoms with Gasteiger partial charge in [-0.1, -0.05) is 71.8 Å². The fourth-order valence-electron chi connectivity index (χ4n) is 7.00. The van der Waals surface area contributed by atoms with Gasteiger partial charge in [-0.2, -0.15) is 5.26 Å². The lowest BCUT2D eigenvalue weighted by atomic mass is 9.97. The smallest absolute Gasteiger partial charge is 0.234 e. The van der Waals surface area contributed by atoms with Crippen LogP contribution in [0, 0.1) is 38.7 Å². The van der Waals surface area contributed by atoms with Crippen LogP contribution < -0.4 is 0 Å². The Hall–Kier alpha value is -6.10. The Bertz CT molecular complexity index is 2600. The highest BCUT2D eigenvalue weighted by Crippen LogP contribution is 2.46. The zero-order valence-electron chi connectivity index (χ0n) is 25.3. The molecule has 0 unspecified atom stereocenters. The molecular formula is C41H28N4. The van der Waals surface area contributed by atoms with Gasteiger partial charge in [-0.15, -0.1) is 0 Å². The summed E-state index contributed by atoms with van der Waals surface area (Å²) < 4.78 is 4.49. The summed E-state index contributed by atoms with van der Waals surface area (Å²) >= 11 is 0. The van der Waals surface area contributed by atoms with E-state index in [2.05, 4.69) is 137 Å². The minimum absolute atomic E-state index is 0.555. The minimum atomic E-state index is 0.555. The van der Waals surface area contributed by atoms with Gasteiger partial charge in [0, 0.05) is 21.5 Å². The largest absolute Gasteiger partial charge is 0.319 e. The molecule has 45 heavy (non-hydrogen) atoms. The normalized spacial score (nSPS) is 11.4. The zero-order chi connectivity index (χ0) is 30.8. The SMILES string of the molecule is [C-]#[N+]c1c(-n2c3ccccc3c3cc(C)ccc32)ccc(-c2cc(C)cc(C#N)c2)c1-n1c2ccccc2c2cc(C)ccc21. The van der Waals surface area contributed by atoms with Gasteiger partial charge in [-0.25, -0.2) is 4.85 Å². The average molecular weight is 577 g/mol. The molecule has 0 amide bonds. The summed E-state index contributed by atoms with van der Waals surface area (Å²) in [5.74, 6) is 0. The second kappa shape index (κ2) is 9.98. The number of hydrogen-bond donors (Lipinski definition) is 0. The lowest BCUT2D eigenvalue weighted by molar-refractivity contribution is 1.14. The number of benzene rings is 6. The van der Waals surface area contributed by atoms with Crippen LogP contribution in [-0.2, 0) is 0 Å². The van der Waals surface area contributed by atoms with Gasteiger partial charge in [0.05, 0.1) is 51.6 Å². The molecular weight excluding hydrogens is 548 g/mol. The van der Waals surface area contributed by atoms with Crippen molar-refractivity contribution in [2.45, 2.75) is 20.8 Å². The van der Waals surface area contributed by atoms with E-state index in [4.69, 9.17) is 6.57 Å². The second-order valence-electron chi connectivity index (χ2n) is 11.9. The molecule has 0 aliphatic carbocycles. The Morgan fingerprint density at radius 2 is 1.16 bits per heavy atom. The molecule has 4 heteroatoms. The lowest BCUT2D eigenvalue weighted by Crippen LogP contribution is -2.03. The predicted octanol–water partition coefficient (Wildman–Crippen LogP) is 10.9. The average Bonchev–Trinajstić information content (AvgIpc) is 3.55. The van der Waals surface area contributed by atoms with E-state index in [1.807, 2.05) is 19.1 Å². The van der Waals surface area contributed by atoms with Crippen molar-refractivity contribution >= 4 is 49.3 Å². The Balaban J connectivity index is 1.58. The van der Waals surface area contributed by atoms with Gasteiger partial charge in [-0.05, 0) is 92.1 Å². The summed E-state index contributed by atoms with van der Waals surface area (Å²) in [6.45, 7) is 15.0. The first kappa shape index (κ1) is 26.5. The molecule has 6 aromatic carbocycles. The van der Waals surface area contributed by atoms with E-state index in [-0.39, 0.29) is 0 Å². The molecule has 0 aliphatic rings. The first-order valence-corrected chi connectivity index (χ1v) is 15.0. The first-order chi connectivity index (χ1) is 22.0. The summed E-state index contributed by atoms with van der Waals surface area (Å²) in [7, 11) is 0. The Morgan fingerprint density at radius 1 is 0.578 bits per heavy atom. The summed E-state index contributed by atoms with van der Waals surface area (Å²) in [6.07, 6.45) is 0. The van der Waals surface area contributed by atoms with Gasteiger partial charge in [0.1, 0.15) is 0 Å². The van der Waals surface area contributed by atoms with Crippen molar-refractivity contribution in [1.82, 2.24) is 9.13 Å². The molecule has 0 fully saturated rings. The molecule has 4 nitrogen and oxygen atoms in total. The van der Waals surface area contributed by atoms with E-state index in [1.54, 1.807) is 0 Å². The number of para-hydroxylation sites is 2. The van der Waals surface area contributed by atoms with Gasteiger partial charge in [0.25, 0.3) is 0 Å². The molecule has 0 spiro atoms. The van der Waals surface area contributed by atoms with Crippen LogP contribution >= 0.6 is 0 Å². The number of rotatable bonds is 3. The highest BCUT2D eigenvalue weighted by atomic mass is 15.1. The van der Waals surface area contributed by atoms with Gasteiger partial charge in [0.15, 0.2) is 0 Å². The highest BCUT2D eigenvalue weighted by molar-refractivity contribution is 6.12. The maximum absolute atomic E-state index is 9.88. The monoisotopic (exact) mass is 576 g/mol. The molecule has 0 atom stereocenters. The number of hydrogen-bond acceptors (Lipinski definition) is 1. The number of aryl methyl sites for hydroxylation is 3. The molecule has 0 N–H and O–H groups in total. The molecule has 212 valence electrons. The van der Waals surface area contributed by atoms with E-state index in [0.29, 0.717) is 11.3 Å². The Kier molecular flexibility index (Phi) is 5.88. The topological polar surface area (TPSA) is 38.0 Å².